The number of hydrogen-bond donors (Lipinski definition) is 3. The van der Waals surface area contributed by atoms with Crippen LogP contribution in [-0.4, -0.2) is 55.8 Å². The van der Waals surface area contributed by atoms with Gasteiger partial charge in [-0.2, -0.15) is 0 Å². The number of halogens is 2. The second-order valence-corrected chi connectivity index (χ2v) is 10.2. The summed E-state index contributed by atoms with van der Waals surface area (Å²) in [6, 6.07) is 4.30. The van der Waals surface area contributed by atoms with E-state index in [9.17, 15) is 17.6 Å². The lowest BCUT2D eigenvalue weighted by Gasteiger charge is -2.34. The summed E-state index contributed by atoms with van der Waals surface area (Å²) in [5.74, 6) is -2.16. The average molecular weight is 448 g/mol. The molecule has 2 heterocycles. The van der Waals surface area contributed by atoms with Crippen LogP contribution in [0.25, 0.3) is 0 Å². The highest BCUT2D eigenvalue weighted by Crippen LogP contribution is 2.34. The zero-order chi connectivity index (χ0) is 21.0. The summed E-state index contributed by atoms with van der Waals surface area (Å²) in [5, 5.41) is 12.6. The van der Waals surface area contributed by atoms with E-state index in [-0.39, 0.29) is 17.6 Å². The number of rotatable bonds is 6. The van der Waals surface area contributed by atoms with Crippen LogP contribution in [0.5, 0.6) is 0 Å². The maximum absolute atomic E-state index is 13.3. The highest BCUT2D eigenvalue weighted by Gasteiger charge is 2.37. The molecular formula is C19H27ClFN3O4S. The van der Waals surface area contributed by atoms with Gasteiger partial charge < -0.3 is 5.32 Å². The van der Waals surface area contributed by atoms with Crippen molar-refractivity contribution in [2.24, 2.45) is 11.8 Å². The molecule has 1 aromatic carbocycles. The van der Waals surface area contributed by atoms with E-state index >= 15 is 0 Å². The third kappa shape index (κ3) is 5.46. The minimum Gasteiger partial charge on any atom is -0.317 e. The van der Waals surface area contributed by atoms with Gasteiger partial charge in [0.25, 0.3) is 0 Å². The van der Waals surface area contributed by atoms with E-state index in [0.29, 0.717) is 43.8 Å². The third-order valence-corrected chi connectivity index (χ3v) is 8.30. The van der Waals surface area contributed by atoms with E-state index in [1.807, 2.05) is 0 Å². The summed E-state index contributed by atoms with van der Waals surface area (Å²) in [5.41, 5.74) is 2.47. The first-order chi connectivity index (χ1) is 13.8. The fourth-order valence-corrected chi connectivity index (χ4v) is 6.54. The Balaban J connectivity index is 1.65. The molecule has 0 bridgehead atoms. The van der Waals surface area contributed by atoms with Gasteiger partial charge in [-0.3, -0.25) is 10.0 Å². The summed E-state index contributed by atoms with van der Waals surface area (Å²) >= 11 is 6.15. The minimum atomic E-state index is -3.66. The number of carbonyl (C=O) groups excluding carboxylic acids is 1. The summed E-state index contributed by atoms with van der Waals surface area (Å²) in [4.78, 5) is 12.2. The zero-order valence-corrected chi connectivity index (χ0v) is 17.7. The van der Waals surface area contributed by atoms with E-state index in [4.69, 9.17) is 16.8 Å². The van der Waals surface area contributed by atoms with Crippen molar-refractivity contribution in [3.63, 3.8) is 0 Å². The molecule has 10 heteroatoms. The molecule has 0 saturated carbocycles. The highest BCUT2D eigenvalue weighted by molar-refractivity contribution is 7.89. The average Bonchev–Trinajstić information content (AvgIpc) is 2.72. The predicted molar refractivity (Wildman–Crippen MR) is 108 cm³/mol. The highest BCUT2D eigenvalue weighted by atomic mass is 35.5. The Hall–Kier alpha value is -1.26. The molecule has 0 spiro atoms. The molecule has 0 unspecified atom stereocenters. The van der Waals surface area contributed by atoms with Crippen molar-refractivity contribution in [2.45, 2.75) is 31.6 Å². The van der Waals surface area contributed by atoms with Crippen LogP contribution < -0.4 is 10.8 Å². The largest absolute Gasteiger partial charge is 0.317 e. The van der Waals surface area contributed by atoms with Gasteiger partial charge in [-0.1, -0.05) is 17.7 Å². The smallest absolute Gasteiger partial charge is 0.247 e. The van der Waals surface area contributed by atoms with Crippen LogP contribution in [0.3, 0.4) is 0 Å². The second-order valence-electron chi connectivity index (χ2n) is 7.79. The standard InChI is InChI=1S/C19H27ClFN3O4S/c20-18-11-15(21)1-2-16(18)14-5-9-24(10-6-14)29(27,28)12-17(19(25)23-26)13-3-7-22-8-4-13/h1-2,11,13-14,17,22,26H,3-10,12H2,(H,23,25)/t17-/m1/s1. The number of hydroxylamine groups is 1. The minimum absolute atomic E-state index is 0.0653. The van der Waals surface area contributed by atoms with E-state index in [1.54, 1.807) is 11.5 Å². The molecule has 7 nitrogen and oxygen atoms in total. The molecule has 29 heavy (non-hydrogen) atoms. The van der Waals surface area contributed by atoms with Gasteiger partial charge in [-0.05, 0) is 68.3 Å². The van der Waals surface area contributed by atoms with E-state index < -0.39 is 27.7 Å². The molecule has 2 fully saturated rings. The molecular weight excluding hydrogens is 421 g/mol. The predicted octanol–water partition coefficient (Wildman–Crippen LogP) is 2.11. The maximum Gasteiger partial charge on any atom is 0.247 e. The van der Waals surface area contributed by atoms with E-state index in [0.717, 1.165) is 18.7 Å². The van der Waals surface area contributed by atoms with Gasteiger partial charge in [0.2, 0.25) is 15.9 Å². The van der Waals surface area contributed by atoms with Gasteiger partial charge in [0.15, 0.2) is 0 Å². The molecule has 3 rings (SSSR count). The Bertz CT molecular complexity index is 825. The first kappa shape index (κ1) is 22.4. The van der Waals surface area contributed by atoms with Crippen molar-refractivity contribution < 1.29 is 22.8 Å². The number of nitrogens with one attached hydrogen (secondary N) is 2. The van der Waals surface area contributed by atoms with Crippen molar-refractivity contribution in [1.82, 2.24) is 15.1 Å². The molecule has 1 amide bonds. The molecule has 0 radical (unpaired) electrons. The van der Waals surface area contributed by atoms with Crippen LogP contribution in [-0.2, 0) is 14.8 Å². The Morgan fingerprint density at radius 3 is 2.52 bits per heavy atom. The van der Waals surface area contributed by atoms with Gasteiger partial charge in [0, 0.05) is 18.1 Å². The van der Waals surface area contributed by atoms with Gasteiger partial charge in [-0.25, -0.2) is 22.6 Å². The summed E-state index contributed by atoms with van der Waals surface area (Å²) < 4.78 is 40.7. The molecule has 2 saturated heterocycles. The topological polar surface area (TPSA) is 98.7 Å². The summed E-state index contributed by atoms with van der Waals surface area (Å²) in [6.45, 7) is 2.09. The van der Waals surface area contributed by atoms with Crippen LogP contribution in [0.2, 0.25) is 5.02 Å². The lowest BCUT2D eigenvalue weighted by atomic mass is 9.85. The Kier molecular flexibility index (Phi) is 7.50. The summed E-state index contributed by atoms with van der Waals surface area (Å²) in [6.07, 6.45) is 2.54. The fraction of sp³-hybridized carbons (Fsp3) is 0.632. The zero-order valence-electron chi connectivity index (χ0n) is 16.1. The van der Waals surface area contributed by atoms with Crippen LogP contribution in [0.4, 0.5) is 4.39 Å². The molecule has 3 N–H and O–H groups in total. The lowest BCUT2D eigenvalue weighted by molar-refractivity contribution is -0.134. The van der Waals surface area contributed by atoms with Crippen LogP contribution in [0, 0.1) is 17.7 Å². The van der Waals surface area contributed by atoms with Crippen molar-refractivity contribution >= 4 is 27.5 Å². The number of piperidine rings is 2. The van der Waals surface area contributed by atoms with Gasteiger partial charge in [0.05, 0.1) is 11.7 Å². The van der Waals surface area contributed by atoms with Crippen LogP contribution >= 0.6 is 11.6 Å². The first-order valence-electron chi connectivity index (χ1n) is 9.89. The fourth-order valence-electron chi connectivity index (χ4n) is 4.37. The second kappa shape index (κ2) is 9.70. The number of hydrogen-bond acceptors (Lipinski definition) is 5. The van der Waals surface area contributed by atoms with Crippen molar-refractivity contribution in [1.29, 1.82) is 0 Å². The maximum atomic E-state index is 13.3. The van der Waals surface area contributed by atoms with Crippen LogP contribution in [0.1, 0.15) is 37.2 Å². The molecule has 2 aliphatic heterocycles. The van der Waals surface area contributed by atoms with Crippen molar-refractivity contribution in [2.75, 3.05) is 31.9 Å². The Morgan fingerprint density at radius 1 is 1.28 bits per heavy atom. The van der Waals surface area contributed by atoms with Gasteiger partial charge in [0.1, 0.15) is 5.82 Å². The van der Waals surface area contributed by atoms with E-state index in [2.05, 4.69) is 5.32 Å². The number of benzene rings is 1. The molecule has 0 aliphatic carbocycles. The van der Waals surface area contributed by atoms with Gasteiger partial charge in [-0.15, -0.1) is 0 Å². The number of sulfonamides is 1. The molecule has 162 valence electrons. The number of nitrogens with zero attached hydrogens (tertiary/aromatic N) is 1. The molecule has 1 atom stereocenters. The monoisotopic (exact) mass is 447 g/mol. The first-order valence-corrected chi connectivity index (χ1v) is 11.9. The molecule has 1 aromatic rings. The van der Waals surface area contributed by atoms with Crippen molar-refractivity contribution in [3.8, 4) is 0 Å². The van der Waals surface area contributed by atoms with Crippen LogP contribution in [0.15, 0.2) is 18.2 Å². The number of amides is 1. The number of carbonyl (C=O) groups is 1. The molecule has 2 aliphatic rings. The quantitative estimate of drug-likeness (QED) is 0.458. The third-order valence-electron chi connectivity index (χ3n) is 6.04. The van der Waals surface area contributed by atoms with E-state index in [1.165, 1.54) is 16.4 Å². The lowest BCUT2D eigenvalue weighted by Crippen LogP contribution is -2.46. The normalized spacial score (nSPS) is 21.1. The Labute approximate surface area is 175 Å². The van der Waals surface area contributed by atoms with Crippen molar-refractivity contribution in [3.05, 3.63) is 34.6 Å². The summed E-state index contributed by atoms with van der Waals surface area (Å²) in [7, 11) is -3.66. The Morgan fingerprint density at radius 2 is 1.93 bits per heavy atom. The van der Waals surface area contributed by atoms with Gasteiger partial charge >= 0.3 is 0 Å². The molecule has 0 aromatic heterocycles. The SMILES string of the molecule is O=C(NO)[C@H](CS(=O)(=O)N1CCC(c2ccc(F)cc2Cl)CC1)C1CCNCC1.